The van der Waals surface area contributed by atoms with E-state index in [9.17, 15) is 13.6 Å². The van der Waals surface area contributed by atoms with Gasteiger partial charge in [0.25, 0.3) is 0 Å². The summed E-state index contributed by atoms with van der Waals surface area (Å²) in [5, 5.41) is 11.9. The second-order valence-corrected chi connectivity index (χ2v) is 4.41. The Balaban J connectivity index is 2.66. The van der Waals surface area contributed by atoms with Crippen LogP contribution in [0, 0.1) is 18.6 Å². The van der Waals surface area contributed by atoms with Gasteiger partial charge in [-0.2, -0.15) is 0 Å². The zero-order chi connectivity index (χ0) is 13.4. The predicted molar refractivity (Wildman–Crippen MR) is 61.3 cm³/mol. The standard InChI is InChI=1S/C11H6BrF2NO3/c1-4-2-5(12)10(14)8(9(4)13)7-3-6(11(16)17)15-18-7/h2-3H,1H3,(H,16,17). The molecule has 0 fully saturated rings. The molecule has 0 aliphatic heterocycles. The van der Waals surface area contributed by atoms with Crippen molar-refractivity contribution in [3.8, 4) is 11.3 Å². The Morgan fingerprint density at radius 1 is 1.39 bits per heavy atom. The summed E-state index contributed by atoms with van der Waals surface area (Å²) >= 11 is 2.94. The van der Waals surface area contributed by atoms with Gasteiger partial charge in [0, 0.05) is 6.07 Å². The molecule has 2 aromatic rings. The van der Waals surface area contributed by atoms with Gasteiger partial charge in [0.2, 0.25) is 0 Å². The van der Waals surface area contributed by atoms with Crippen LogP contribution in [0.25, 0.3) is 11.3 Å². The van der Waals surface area contributed by atoms with Gasteiger partial charge in [-0.25, -0.2) is 13.6 Å². The highest BCUT2D eigenvalue weighted by atomic mass is 79.9. The van der Waals surface area contributed by atoms with Crippen molar-refractivity contribution in [3.63, 3.8) is 0 Å². The third-order valence-corrected chi connectivity index (χ3v) is 2.89. The number of rotatable bonds is 2. The molecule has 0 saturated heterocycles. The summed E-state index contributed by atoms with van der Waals surface area (Å²) in [5.41, 5.74) is -0.658. The van der Waals surface area contributed by atoms with Crippen LogP contribution in [0.3, 0.4) is 0 Å². The summed E-state index contributed by atoms with van der Waals surface area (Å²) in [5.74, 6) is -3.29. The van der Waals surface area contributed by atoms with Gasteiger partial charge in [-0.3, -0.25) is 0 Å². The largest absolute Gasteiger partial charge is 0.476 e. The topological polar surface area (TPSA) is 63.3 Å². The molecule has 18 heavy (non-hydrogen) atoms. The minimum absolute atomic E-state index is 0.0599. The second-order valence-electron chi connectivity index (χ2n) is 3.56. The van der Waals surface area contributed by atoms with Crippen LogP contribution in [-0.4, -0.2) is 16.2 Å². The molecule has 1 N–H and O–H groups in total. The molecule has 94 valence electrons. The van der Waals surface area contributed by atoms with Crippen LogP contribution in [0.5, 0.6) is 0 Å². The maximum atomic E-state index is 13.8. The Morgan fingerprint density at radius 3 is 2.61 bits per heavy atom. The van der Waals surface area contributed by atoms with E-state index in [0.29, 0.717) is 0 Å². The fourth-order valence-corrected chi connectivity index (χ4v) is 1.98. The third kappa shape index (κ3) is 2.01. The lowest BCUT2D eigenvalue weighted by Crippen LogP contribution is -1.95. The number of aromatic carboxylic acids is 1. The maximum absolute atomic E-state index is 13.8. The normalized spacial score (nSPS) is 10.7. The predicted octanol–water partition coefficient (Wildman–Crippen LogP) is 3.39. The monoisotopic (exact) mass is 317 g/mol. The Kier molecular flexibility index (Phi) is 3.16. The third-order valence-electron chi connectivity index (χ3n) is 2.31. The fourth-order valence-electron chi connectivity index (χ4n) is 1.44. The van der Waals surface area contributed by atoms with Gasteiger partial charge in [-0.15, -0.1) is 0 Å². The summed E-state index contributed by atoms with van der Waals surface area (Å²) in [4.78, 5) is 10.6. The number of benzene rings is 1. The highest BCUT2D eigenvalue weighted by molar-refractivity contribution is 9.10. The van der Waals surface area contributed by atoms with Crippen molar-refractivity contribution in [3.05, 3.63) is 39.5 Å². The van der Waals surface area contributed by atoms with Crippen LogP contribution >= 0.6 is 15.9 Å². The van der Waals surface area contributed by atoms with Crippen LogP contribution in [0.15, 0.2) is 21.1 Å². The summed E-state index contributed by atoms with van der Waals surface area (Å²) in [7, 11) is 0. The minimum Gasteiger partial charge on any atom is -0.476 e. The van der Waals surface area contributed by atoms with Crippen LogP contribution in [0.1, 0.15) is 16.1 Å². The van der Waals surface area contributed by atoms with E-state index in [2.05, 4.69) is 25.6 Å². The molecule has 0 bridgehead atoms. The first kappa shape index (κ1) is 12.7. The molecule has 0 amide bonds. The molecule has 0 atom stereocenters. The molecule has 0 aliphatic rings. The molecule has 0 aliphatic carbocycles. The van der Waals surface area contributed by atoms with E-state index in [1.54, 1.807) is 0 Å². The van der Waals surface area contributed by atoms with Crippen molar-refractivity contribution in [1.82, 2.24) is 5.16 Å². The van der Waals surface area contributed by atoms with E-state index >= 15 is 0 Å². The summed E-state index contributed by atoms with van der Waals surface area (Å²) in [6.45, 7) is 1.46. The van der Waals surface area contributed by atoms with E-state index in [-0.39, 0.29) is 15.8 Å². The van der Waals surface area contributed by atoms with Gasteiger partial charge in [0.05, 0.1) is 10.0 Å². The first-order chi connectivity index (χ1) is 8.41. The molecule has 1 aromatic carbocycles. The van der Waals surface area contributed by atoms with E-state index in [1.807, 2.05) is 0 Å². The molecule has 1 heterocycles. The van der Waals surface area contributed by atoms with Gasteiger partial charge in [-0.05, 0) is 34.5 Å². The highest BCUT2D eigenvalue weighted by Gasteiger charge is 2.22. The lowest BCUT2D eigenvalue weighted by molar-refractivity contribution is 0.0686. The zero-order valence-corrected chi connectivity index (χ0v) is 10.6. The number of halogens is 3. The summed E-state index contributed by atoms with van der Waals surface area (Å²) in [6, 6.07) is 2.25. The van der Waals surface area contributed by atoms with Crippen molar-refractivity contribution in [2.45, 2.75) is 6.92 Å². The van der Waals surface area contributed by atoms with Crippen molar-refractivity contribution < 1.29 is 23.2 Å². The lowest BCUT2D eigenvalue weighted by Gasteiger charge is -2.05. The number of carboxylic acid groups (broad SMARTS) is 1. The maximum Gasteiger partial charge on any atom is 0.358 e. The lowest BCUT2D eigenvalue weighted by atomic mass is 10.1. The number of hydrogen-bond acceptors (Lipinski definition) is 3. The van der Waals surface area contributed by atoms with Crippen molar-refractivity contribution in [2.75, 3.05) is 0 Å². The van der Waals surface area contributed by atoms with E-state index in [0.717, 1.165) is 6.07 Å². The Hall–Kier alpha value is -1.76. The Labute approximate surface area is 108 Å². The van der Waals surface area contributed by atoms with Crippen molar-refractivity contribution in [2.24, 2.45) is 0 Å². The highest BCUT2D eigenvalue weighted by Crippen LogP contribution is 2.33. The number of nitrogens with zero attached hydrogens (tertiary/aromatic N) is 1. The molecular weight excluding hydrogens is 312 g/mol. The summed E-state index contributed by atoms with van der Waals surface area (Å²) < 4.78 is 32.4. The molecule has 0 saturated carbocycles. The van der Waals surface area contributed by atoms with Gasteiger partial charge in [-0.1, -0.05) is 5.16 Å². The molecule has 0 unspecified atom stereocenters. The SMILES string of the molecule is Cc1cc(Br)c(F)c(-c2cc(C(=O)O)no2)c1F. The molecule has 2 rings (SSSR count). The van der Waals surface area contributed by atoms with Gasteiger partial charge < -0.3 is 9.63 Å². The number of hydrogen-bond donors (Lipinski definition) is 1. The van der Waals surface area contributed by atoms with Gasteiger partial charge in [0.1, 0.15) is 5.82 Å². The number of aromatic nitrogens is 1. The number of carbonyl (C=O) groups is 1. The molecule has 4 nitrogen and oxygen atoms in total. The van der Waals surface area contributed by atoms with Crippen LogP contribution < -0.4 is 0 Å². The smallest absolute Gasteiger partial charge is 0.358 e. The molecule has 0 spiro atoms. The first-order valence-electron chi connectivity index (χ1n) is 4.76. The van der Waals surface area contributed by atoms with Crippen molar-refractivity contribution in [1.29, 1.82) is 0 Å². The minimum atomic E-state index is -1.34. The number of carboxylic acids is 1. The van der Waals surface area contributed by atoms with E-state index in [4.69, 9.17) is 5.11 Å². The molecular formula is C11H6BrF2NO3. The van der Waals surface area contributed by atoms with Crippen LogP contribution in [-0.2, 0) is 0 Å². The number of aryl methyl sites for hydroxylation is 1. The Bertz CT molecular complexity index is 613. The Morgan fingerprint density at radius 2 is 2.06 bits per heavy atom. The molecule has 0 radical (unpaired) electrons. The molecule has 1 aromatic heterocycles. The fraction of sp³-hybridized carbons (Fsp3) is 0.0909. The average Bonchev–Trinajstić information content (AvgIpc) is 2.76. The van der Waals surface area contributed by atoms with Crippen molar-refractivity contribution >= 4 is 21.9 Å². The second kappa shape index (κ2) is 4.49. The first-order valence-corrected chi connectivity index (χ1v) is 5.55. The average molecular weight is 318 g/mol. The zero-order valence-electron chi connectivity index (χ0n) is 9.00. The van der Waals surface area contributed by atoms with Gasteiger partial charge in [0.15, 0.2) is 17.3 Å². The van der Waals surface area contributed by atoms with E-state index < -0.39 is 28.9 Å². The molecule has 7 heteroatoms. The van der Waals surface area contributed by atoms with Gasteiger partial charge >= 0.3 is 5.97 Å². The quantitative estimate of drug-likeness (QED) is 0.862. The van der Waals surface area contributed by atoms with Crippen LogP contribution in [0.4, 0.5) is 8.78 Å². The van der Waals surface area contributed by atoms with E-state index in [1.165, 1.54) is 13.0 Å². The van der Waals surface area contributed by atoms with Crippen LogP contribution in [0.2, 0.25) is 0 Å². The summed E-state index contributed by atoms with van der Waals surface area (Å²) in [6.07, 6.45) is 0.